The van der Waals surface area contributed by atoms with Crippen molar-refractivity contribution in [2.24, 2.45) is 11.1 Å². The molecule has 19 heavy (non-hydrogen) atoms. The topological polar surface area (TPSA) is 92.4 Å². The fraction of sp³-hybridized carbons (Fsp3) is 0.385. The minimum Gasteiger partial charge on any atom is -0.478 e. The third-order valence-electron chi connectivity index (χ3n) is 2.70. The molecule has 0 aliphatic carbocycles. The Bertz CT molecular complexity index is 509. The smallest absolute Gasteiger partial charge is 0.340 e. The van der Waals surface area contributed by atoms with E-state index in [2.05, 4.69) is 5.32 Å². The first kappa shape index (κ1) is 15.1. The molecule has 1 amide bonds. The minimum absolute atomic E-state index is 0.0998. The van der Waals surface area contributed by atoms with E-state index in [-0.39, 0.29) is 5.69 Å². The second kappa shape index (κ2) is 5.36. The molecule has 0 aliphatic heterocycles. The van der Waals surface area contributed by atoms with Crippen molar-refractivity contribution in [3.05, 3.63) is 29.6 Å². The summed E-state index contributed by atoms with van der Waals surface area (Å²) in [6, 6.07) is 2.82. The van der Waals surface area contributed by atoms with E-state index < -0.39 is 34.7 Å². The number of amides is 1. The van der Waals surface area contributed by atoms with E-state index >= 15 is 0 Å². The van der Waals surface area contributed by atoms with Gasteiger partial charge in [-0.25, -0.2) is 9.18 Å². The maximum absolute atomic E-state index is 13.4. The lowest BCUT2D eigenvalue weighted by molar-refractivity contribution is -0.119. The SMILES string of the molecule is CC(C)(C)[C@@H](N)C(=O)Nc1cccc(F)c1C(=O)O. The van der Waals surface area contributed by atoms with Crippen LogP contribution in [0.4, 0.5) is 10.1 Å². The van der Waals surface area contributed by atoms with Gasteiger partial charge in [-0.2, -0.15) is 0 Å². The first-order chi connectivity index (χ1) is 8.64. The number of carbonyl (C=O) groups excluding carboxylic acids is 1. The monoisotopic (exact) mass is 268 g/mol. The van der Waals surface area contributed by atoms with Crippen LogP contribution < -0.4 is 11.1 Å². The first-order valence-electron chi connectivity index (χ1n) is 5.73. The highest BCUT2D eigenvalue weighted by Gasteiger charge is 2.28. The van der Waals surface area contributed by atoms with Gasteiger partial charge in [-0.1, -0.05) is 26.8 Å². The van der Waals surface area contributed by atoms with Gasteiger partial charge in [0.1, 0.15) is 11.4 Å². The Hall–Kier alpha value is -1.95. The van der Waals surface area contributed by atoms with Crippen molar-refractivity contribution in [3.63, 3.8) is 0 Å². The molecule has 0 radical (unpaired) electrons. The average Bonchev–Trinajstić information content (AvgIpc) is 2.26. The summed E-state index contributed by atoms with van der Waals surface area (Å²) in [5.41, 5.74) is 4.60. The molecular formula is C13H17FN2O3. The number of nitrogens with two attached hydrogens (primary N) is 1. The molecule has 0 saturated heterocycles. The molecule has 0 spiro atoms. The van der Waals surface area contributed by atoms with Crippen LogP contribution in [0.3, 0.4) is 0 Å². The number of hydrogen-bond donors (Lipinski definition) is 3. The zero-order chi connectivity index (χ0) is 14.8. The normalized spacial score (nSPS) is 12.9. The number of aromatic carboxylic acids is 1. The molecule has 1 rings (SSSR count). The highest BCUT2D eigenvalue weighted by molar-refractivity contribution is 6.02. The Morgan fingerprint density at radius 1 is 1.37 bits per heavy atom. The van der Waals surface area contributed by atoms with Gasteiger partial charge in [0, 0.05) is 0 Å². The van der Waals surface area contributed by atoms with Crippen molar-refractivity contribution >= 4 is 17.6 Å². The standard InChI is InChI=1S/C13H17FN2O3/c1-13(2,3)10(15)11(17)16-8-6-4-5-7(14)9(8)12(18)19/h4-6,10H,15H2,1-3H3,(H,16,17)(H,18,19)/t10-/m0/s1. The number of benzene rings is 1. The molecule has 4 N–H and O–H groups in total. The highest BCUT2D eigenvalue weighted by atomic mass is 19.1. The van der Waals surface area contributed by atoms with E-state index in [1.165, 1.54) is 12.1 Å². The molecule has 1 aromatic rings. The molecule has 0 unspecified atom stereocenters. The quantitative estimate of drug-likeness (QED) is 0.779. The number of halogens is 1. The molecule has 1 aromatic carbocycles. The van der Waals surface area contributed by atoms with Gasteiger partial charge in [0.05, 0.1) is 11.7 Å². The summed E-state index contributed by atoms with van der Waals surface area (Å²) in [7, 11) is 0. The lowest BCUT2D eigenvalue weighted by Gasteiger charge is -2.26. The van der Waals surface area contributed by atoms with Gasteiger partial charge in [-0.3, -0.25) is 4.79 Å². The van der Waals surface area contributed by atoms with E-state index in [1.54, 1.807) is 20.8 Å². The van der Waals surface area contributed by atoms with Crippen LogP contribution in [0.25, 0.3) is 0 Å². The molecule has 5 nitrogen and oxygen atoms in total. The molecule has 0 heterocycles. The van der Waals surface area contributed by atoms with Crippen LogP contribution in [0.2, 0.25) is 0 Å². The summed E-state index contributed by atoms with van der Waals surface area (Å²) >= 11 is 0. The van der Waals surface area contributed by atoms with Crippen LogP contribution >= 0.6 is 0 Å². The predicted octanol–water partition coefficient (Wildman–Crippen LogP) is 1.84. The van der Waals surface area contributed by atoms with Crippen LogP contribution in [0.15, 0.2) is 18.2 Å². The number of carboxylic acids is 1. The lowest BCUT2D eigenvalue weighted by atomic mass is 9.87. The maximum Gasteiger partial charge on any atom is 0.340 e. The number of carboxylic acid groups (broad SMARTS) is 1. The summed E-state index contributed by atoms with van der Waals surface area (Å²) in [6.07, 6.45) is 0. The molecule has 0 saturated carbocycles. The number of hydrogen-bond acceptors (Lipinski definition) is 3. The van der Waals surface area contributed by atoms with E-state index in [9.17, 15) is 14.0 Å². The van der Waals surface area contributed by atoms with Gasteiger partial charge in [-0.05, 0) is 17.5 Å². The number of nitrogens with one attached hydrogen (secondary N) is 1. The van der Waals surface area contributed by atoms with Crippen LogP contribution in [-0.4, -0.2) is 23.0 Å². The third-order valence-corrected chi connectivity index (χ3v) is 2.70. The van der Waals surface area contributed by atoms with E-state index in [4.69, 9.17) is 10.8 Å². The first-order valence-corrected chi connectivity index (χ1v) is 5.73. The van der Waals surface area contributed by atoms with Gasteiger partial charge in [0.25, 0.3) is 0 Å². The summed E-state index contributed by atoms with van der Waals surface area (Å²) in [5, 5.41) is 11.3. The zero-order valence-electron chi connectivity index (χ0n) is 11.0. The highest BCUT2D eigenvalue weighted by Crippen LogP contribution is 2.22. The van der Waals surface area contributed by atoms with Gasteiger partial charge >= 0.3 is 5.97 Å². The van der Waals surface area contributed by atoms with Crippen molar-refractivity contribution in [2.45, 2.75) is 26.8 Å². The van der Waals surface area contributed by atoms with Gasteiger partial charge in [0.2, 0.25) is 5.91 Å². The minimum atomic E-state index is -1.45. The molecule has 1 atom stereocenters. The lowest BCUT2D eigenvalue weighted by Crippen LogP contribution is -2.45. The summed E-state index contributed by atoms with van der Waals surface area (Å²) in [4.78, 5) is 22.9. The van der Waals surface area contributed by atoms with Crippen molar-refractivity contribution < 1.29 is 19.1 Å². The maximum atomic E-state index is 13.4. The third kappa shape index (κ3) is 3.51. The predicted molar refractivity (Wildman–Crippen MR) is 69.4 cm³/mol. The van der Waals surface area contributed by atoms with Crippen molar-refractivity contribution in [1.29, 1.82) is 0 Å². The van der Waals surface area contributed by atoms with E-state index in [0.29, 0.717) is 0 Å². The second-order valence-electron chi connectivity index (χ2n) is 5.30. The zero-order valence-corrected chi connectivity index (χ0v) is 11.0. The molecule has 0 fully saturated rings. The van der Waals surface area contributed by atoms with Crippen LogP contribution in [0.5, 0.6) is 0 Å². The van der Waals surface area contributed by atoms with Crippen molar-refractivity contribution in [2.75, 3.05) is 5.32 Å². The molecule has 0 bridgehead atoms. The van der Waals surface area contributed by atoms with E-state index in [1.807, 2.05) is 0 Å². The molecule has 104 valence electrons. The van der Waals surface area contributed by atoms with Crippen LogP contribution in [0.1, 0.15) is 31.1 Å². The fourth-order valence-corrected chi connectivity index (χ4v) is 1.45. The van der Waals surface area contributed by atoms with Crippen LogP contribution in [0, 0.1) is 11.2 Å². The van der Waals surface area contributed by atoms with Crippen molar-refractivity contribution in [3.8, 4) is 0 Å². The van der Waals surface area contributed by atoms with Crippen LogP contribution in [-0.2, 0) is 4.79 Å². The Balaban J connectivity index is 3.04. The van der Waals surface area contributed by atoms with Gasteiger partial charge in [0.15, 0.2) is 0 Å². The van der Waals surface area contributed by atoms with Crippen molar-refractivity contribution in [1.82, 2.24) is 0 Å². The summed E-state index contributed by atoms with van der Waals surface area (Å²) < 4.78 is 13.4. The van der Waals surface area contributed by atoms with Gasteiger partial charge < -0.3 is 16.2 Å². The summed E-state index contributed by atoms with van der Waals surface area (Å²) in [6.45, 7) is 5.34. The van der Waals surface area contributed by atoms with E-state index in [0.717, 1.165) is 6.07 Å². The average molecular weight is 268 g/mol. The Kier molecular flexibility index (Phi) is 4.26. The Morgan fingerprint density at radius 3 is 2.42 bits per heavy atom. The molecule has 0 aromatic heterocycles. The second-order valence-corrected chi connectivity index (χ2v) is 5.30. The van der Waals surface area contributed by atoms with Gasteiger partial charge in [-0.15, -0.1) is 0 Å². The number of rotatable bonds is 3. The Morgan fingerprint density at radius 2 is 1.95 bits per heavy atom. The molecular weight excluding hydrogens is 251 g/mol. The largest absolute Gasteiger partial charge is 0.478 e. The fourth-order valence-electron chi connectivity index (χ4n) is 1.45. The Labute approximate surface area is 110 Å². The number of anilines is 1. The molecule has 0 aliphatic rings. The summed E-state index contributed by atoms with van der Waals surface area (Å²) in [5.74, 6) is -2.91. The number of carbonyl (C=O) groups is 2. The molecule has 6 heteroatoms.